The van der Waals surface area contributed by atoms with Crippen LogP contribution < -0.4 is 10.6 Å². The van der Waals surface area contributed by atoms with E-state index in [2.05, 4.69) is 17.0 Å². The molecule has 1 fully saturated rings. The third-order valence-corrected chi connectivity index (χ3v) is 3.50. The fraction of sp³-hybridized carbons (Fsp3) is 0.538. The van der Waals surface area contributed by atoms with Crippen molar-refractivity contribution in [3.63, 3.8) is 0 Å². The van der Waals surface area contributed by atoms with Gasteiger partial charge in [-0.15, -0.1) is 0 Å². The Labute approximate surface area is 102 Å². The van der Waals surface area contributed by atoms with E-state index in [0.29, 0.717) is 0 Å². The minimum atomic E-state index is 0.0490. The molecule has 0 saturated carbocycles. The molecule has 0 spiro atoms. The van der Waals surface area contributed by atoms with E-state index < -0.39 is 0 Å². The Kier molecular flexibility index (Phi) is 3.72. The molecule has 1 aromatic carbocycles. The van der Waals surface area contributed by atoms with Crippen LogP contribution in [0.2, 0.25) is 5.02 Å². The molecule has 0 radical (unpaired) electrons. The zero-order valence-corrected chi connectivity index (χ0v) is 10.5. The first-order valence-electron chi connectivity index (χ1n) is 5.98. The molecule has 2 N–H and O–H groups in total. The molecule has 0 amide bonds. The molecule has 16 heavy (non-hydrogen) atoms. The summed E-state index contributed by atoms with van der Waals surface area (Å²) in [5.74, 6) is 0. The number of nitrogens with zero attached hydrogens (tertiary/aromatic N) is 1. The predicted molar refractivity (Wildman–Crippen MR) is 70.1 cm³/mol. The maximum atomic E-state index is 6.31. The molecule has 1 saturated heterocycles. The molecular formula is C13H19ClN2. The Morgan fingerprint density at radius 1 is 1.25 bits per heavy atom. The van der Waals surface area contributed by atoms with Crippen molar-refractivity contribution in [2.75, 3.05) is 18.0 Å². The monoisotopic (exact) mass is 238 g/mol. The van der Waals surface area contributed by atoms with Crippen molar-refractivity contribution >= 4 is 17.3 Å². The molecule has 1 unspecified atom stereocenters. The quantitative estimate of drug-likeness (QED) is 0.856. The SMILES string of the molecule is CC(N)c1ccc(N2CCCCC2)c(Cl)c1. The van der Waals surface area contributed by atoms with E-state index in [1.54, 1.807) is 0 Å². The smallest absolute Gasteiger partial charge is 0.0642 e. The normalized spacial score (nSPS) is 18.6. The van der Waals surface area contributed by atoms with E-state index in [0.717, 1.165) is 29.4 Å². The topological polar surface area (TPSA) is 29.3 Å². The van der Waals surface area contributed by atoms with E-state index in [4.69, 9.17) is 17.3 Å². The van der Waals surface area contributed by atoms with E-state index in [1.807, 2.05) is 13.0 Å². The van der Waals surface area contributed by atoms with Gasteiger partial charge in [0.15, 0.2) is 0 Å². The highest BCUT2D eigenvalue weighted by Gasteiger charge is 2.14. The van der Waals surface area contributed by atoms with E-state index >= 15 is 0 Å². The van der Waals surface area contributed by atoms with Gasteiger partial charge in [-0.3, -0.25) is 0 Å². The zero-order chi connectivity index (χ0) is 11.5. The molecule has 2 nitrogen and oxygen atoms in total. The van der Waals surface area contributed by atoms with Crippen molar-refractivity contribution in [3.05, 3.63) is 28.8 Å². The van der Waals surface area contributed by atoms with Crippen LogP contribution in [-0.2, 0) is 0 Å². The summed E-state index contributed by atoms with van der Waals surface area (Å²) < 4.78 is 0. The largest absolute Gasteiger partial charge is 0.370 e. The van der Waals surface area contributed by atoms with Crippen molar-refractivity contribution in [1.82, 2.24) is 0 Å². The van der Waals surface area contributed by atoms with Gasteiger partial charge in [0.25, 0.3) is 0 Å². The summed E-state index contributed by atoms with van der Waals surface area (Å²) in [5, 5.41) is 0.830. The predicted octanol–water partition coefficient (Wildman–Crippen LogP) is 3.35. The Hall–Kier alpha value is -0.730. The molecule has 2 rings (SSSR count). The van der Waals surface area contributed by atoms with E-state index in [-0.39, 0.29) is 6.04 Å². The van der Waals surface area contributed by atoms with Crippen LogP contribution in [0.1, 0.15) is 37.8 Å². The first kappa shape index (κ1) is 11.7. The summed E-state index contributed by atoms with van der Waals surface area (Å²) in [7, 11) is 0. The summed E-state index contributed by atoms with van der Waals surface area (Å²) in [6.07, 6.45) is 3.88. The second kappa shape index (κ2) is 5.07. The lowest BCUT2D eigenvalue weighted by molar-refractivity contribution is 0.578. The van der Waals surface area contributed by atoms with Crippen molar-refractivity contribution in [1.29, 1.82) is 0 Å². The van der Waals surface area contributed by atoms with Gasteiger partial charge in [-0.05, 0) is 43.9 Å². The number of rotatable bonds is 2. The molecule has 88 valence electrons. The third kappa shape index (κ3) is 2.50. The molecule has 1 aliphatic rings. The highest BCUT2D eigenvalue weighted by Crippen LogP contribution is 2.30. The fourth-order valence-corrected chi connectivity index (χ4v) is 2.51. The molecule has 1 aromatic rings. The summed E-state index contributed by atoms with van der Waals surface area (Å²) in [5.41, 5.74) is 8.10. The van der Waals surface area contributed by atoms with Crippen LogP contribution in [0.25, 0.3) is 0 Å². The molecule has 1 heterocycles. The van der Waals surface area contributed by atoms with Gasteiger partial charge in [-0.25, -0.2) is 0 Å². The lowest BCUT2D eigenvalue weighted by atomic mass is 10.1. The van der Waals surface area contributed by atoms with Crippen LogP contribution in [0.15, 0.2) is 18.2 Å². The summed E-state index contributed by atoms with van der Waals surface area (Å²) >= 11 is 6.31. The number of hydrogen-bond acceptors (Lipinski definition) is 2. The molecule has 0 aliphatic carbocycles. The van der Waals surface area contributed by atoms with Gasteiger partial charge in [0.1, 0.15) is 0 Å². The van der Waals surface area contributed by atoms with Gasteiger partial charge in [0.2, 0.25) is 0 Å². The van der Waals surface area contributed by atoms with E-state index in [1.165, 1.54) is 19.3 Å². The molecule has 1 aliphatic heterocycles. The summed E-state index contributed by atoms with van der Waals surface area (Å²) in [6.45, 7) is 4.22. The Bertz CT molecular complexity index is 357. The highest BCUT2D eigenvalue weighted by atomic mass is 35.5. The van der Waals surface area contributed by atoms with Crippen LogP contribution in [0.5, 0.6) is 0 Å². The van der Waals surface area contributed by atoms with Crippen LogP contribution in [0, 0.1) is 0 Å². The van der Waals surface area contributed by atoms with Crippen molar-refractivity contribution in [3.8, 4) is 0 Å². The Morgan fingerprint density at radius 3 is 2.50 bits per heavy atom. The number of nitrogens with two attached hydrogens (primary N) is 1. The maximum Gasteiger partial charge on any atom is 0.0642 e. The average molecular weight is 239 g/mol. The Balaban J connectivity index is 2.21. The number of piperidine rings is 1. The maximum absolute atomic E-state index is 6.31. The third-order valence-electron chi connectivity index (χ3n) is 3.19. The minimum absolute atomic E-state index is 0.0490. The second-order valence-electron chi connectivity index (χ2n) is 4.55. The molecule has 1 atom stereocenters. The molecule has 0 aromatic heterocycles. The molecule has 0 bridgehead atoms. The first-order valence-corrected chi connectivity index (χ1v) is 6.36. The average Bonchev–Trinajstić information content (AvgIpc) is 2.30. The highest BCUT2D eigenvalue weighted by molar-refractivity contribution is 6.33. The van der Waals surface area contributed by atoms with Crippen molar-refractivity contribution in [2.45, 2.75) is 32.2 Å². The van der Waals surface area contributed by atoms with Crippen LogP contribution >= 0.6 is 11.6 Å². The van der Waals surface area contributed by atoms with Crippen molar-refractivity contribution < 1.29 is 0 Å². The standard InChI is InChI=1S/C13H19ClN2/c1-10(15)11-5-6-13(12(14)9-11)16-7-3-2-4-8-16/h5-6,9-10H,2-4,7-8,15H2,1H3. The van der Waals surface area contributed by atoms with Crippen LogP contribution in [-0.4, -0.2) is 13.1 Å². The number of halogens is 1. The number of benzene rings is 1. The first-order chi connectivity index (χ1) is 7.68. The summed E-state index contributed by atoms with van der Waals surface area (Å²) in [4.78, 5) is 2.37. The Morgan fingerprint density at radius 2 is 1.94 bits per heavy atom. The number of hydrogen-bond donors (Lipinski definition) is 1. The van der Waals surface area contributed by atoms with Crippen LogP contribution in [0.3, 0.4) is 0 Å². The molecular weight excluding hydrogens is 220 g/mol. The van der Waals surface area contributed by atoms with Crippen molar-refractivity contribution in [2.24, 2.45) is 5.73 Å². The van der Waals surface area contributed by atoms with Gasteiger partial charge in [-0.2, -0.15) is 0 Å². The lowest BCUT2D eigenvalue weighted by Gasteiger charge is -2.29. The summed E-state index contributed by atoms with van der Waals surface area (Å²) in [6, 6.07) is 6.23. The van der Waals surface area contributed by atoms with Gasteiger partial charge < -0.3 is 10.6 Å². The second-order valence-corrected chi connectivity index (χ2v) is 4.95. The lowest BCUT2D eigenvalue weighted by Crippen LogP contribution is -2.29. The van der Waals surface area contributed by atoms with Gasteiger partial charge in [0.05, 0.1) is 10.7 Å². The van der Waals surface area contributed by atoms with Gasteiger partial charge in [0, 0.05) is 19.1 Å². The van der Waals surface area contributed by atoms with Gasteiger partial charge in [-0.1, -0.05) is 17.7 Å². The van der Waals surface area contributed by atoms with Gasteiger partial charge >= 0.3 is 0 Å². The minimum Gasteiger partial charge on any atom is -0.370 e. The fourth-order valence-electron chi connectivity index (χ4n) is 2.20. The van der Waals surface area contributed by atoms with E-state index in [9.17, 15) is 0 Å². The van der Waals surface area contributed by atoms with Crippen LogP contribution in [0.4, 0.5) is 5.69 Å². The zero-order valence-electron chi connectivity index (χ0n) is 9.75. The molecule has 3 heteroatoms. The number of anilines is 1.